The van der Waals surface area contributed by atoms with E-state index in [1.165, 1.54) is 0 Å². The Labute approximate surface area is 107 Å². The Balaban J connectivity index is 1.81. The number of anilines is 1. The second kappa shape index (κ2) is 5.88. The second-order valence-electron chi connectivity index (χ2n) is 4.79. The van der Waals surface area contributed by atoms with E-state index in [4.69, 9.17) is 5.73 Å². The molecule has 6 heteroatoms. The Hall–Kier alpha value is -1.53. The van der Waals surface area contributed by atoms with E-state index in [0.29, 0.717) is 18.4 Å². The molecule has 1 aliphatic heterocycles. The van der Waals surface area contributed by atoms with Gasteiger partial charge in [0.25, 0.3) is 0 Å². The molecule has 2 rings (SSSR count). The number of nitrogens with zero attached hydrogens (tertiary/aromatic N) is 3. The van der Waals surface area contributed by atoms with Crippen molar-refractivity contribution in [3.05, 3.63) is 18.5 Å². The third kappa shape index (κ3) is 3.48. The van der Waals surface area contributed by atoms with Crippen LogP contribution in [0.3, 0.4) is 0 Å². The molecule has 0 bridgehead atoms. The third-order valence-corrected chi connectivity index (χ3v) is 3.28. The van der Waals surface area contributed by atoms with Crippen LogP contribution in [0.4, 0.5) is 5.95 Å². The first-order chi connectivity index (χ1) is 8.65. The van der Waals surface area contributed by atoms with Crippen LogP contribution in [0.5, 0.6) is 0 Å². The number of piperidine rings is 1. The van der Waals surface area contributed by atoms with E-state index < -0.39 is 0 Å². The lowest BCUT2D eigenvalue weighted by atomic mass is 9.94. The van der Waals surface area contributed by atoms with Gasteiger partial charge in [0.1, 0.15) is 0 Å². The van der Waals surface area contributed by atoms with Gasteiger partial charge in [0.2, 0.25) is 11.9 Å². The zero-order valence-electron chi connectivity index (χ0n) is 10.5. The van der Waals surface area contributed by atoms with Gasteiger partial charge in [-0.3, -0.25) is 15.0 Å². The van der Waals surface area contributed by atoms with Gasteiger partial charge < -0.3 is 5.73 Å². The molecule has 6 nitrogen and oxygen atoms in total. The average molecular weight is 249 g/mol. The quantitative estimate of drug-likeness (QED) is 0.793. The Bertz CT molecular complexity index is 397. The highest BCUT2D eigenvalue weighted by molar-refractivity contribution is 5.90. The average Bonchev–Trinajstić information content (AvgIpc) is 2.35. The molecule has 2 unspecified atom stereocenters. The van der Waals surface area contributed by atoms with Crippen molar-refractivity contribution in [3.63, 3.8) is 0 Å². The fraction of sp³-hybridized carbons (Fsp3) is 0.583. The molecule has 2 heterocycles. The van der Waals surface area contributed by atoms with E-state index in [1.54, 1.807) is 18.5 Å². The van der Waals surface area contributed by atoms with Crippen LogP contribution in [0.2, 0.25) is 0 Å². The maximum atomic E-state index is 11.8. The highest BCUT2D eigenvalue weighted by Gasteiger charge is 2.24. The number of carbonyl (C=O) groups is 1. The Morgan fingerprint density at radius 1 is 1.56 bits per heavy atom. The first kappa shape index (κ1) is 12.9. The first-order valence-electron chi connectivity index (χ1n) is 6.20. The van der Waals surface area contributed by atoms with Crippen molar-refractivity contribution >= 4 is 11.9 Å². The van der Waals surface area contributed by atoms with Crippen molar-refractivity contribution in [3.8, 4) is 0 Å². The van der Waals surface area contributed by atoms with Crippen LogP contribution < -0.4 is 11.1 Å². The summed E-state index contributed by atoms with van der Waals surface area (Å²) in [5, 5.41) is 2.67. The SMILES string of the molecule is CC1CCN(CC(=O)Nc2ncccn2)CC1N. The number of hydrogen-bond donors (Lipinski definition) is 2. The summed E-state index contributed by atoms with van der Waals surface area (Å²) in [6.07, 6.45) is 4.23. The lowest BCUT2D eigenvalue weighted by Gasteiger charge is -2.34. The minimum atomic E-state index is -0.0945. The van der Waals surface area contributed by atoms with Crippen LogP contribution in [-0.4, -0.2) is 46.5 Å². The van der Waals surface area contributed by atoms with Crippen molar-refractivity contribution in [1.82, 2.24) is 14.9 Å². The van der Waals surface area contributed by atoms with Gasteiger partial charge in [-0.2, -0.15) is 0 Å². The molecule has 1 amide bonds. The molecule has 1 aliphatic rings. The number of hydrogen-bond acceptors (Lipinski definition) is 5. The maximum absolute atomic E-state index is 11.8. The summed E-state index contributed by atoms with van der Waals surface area (Å²) in [6, 6.07) is 1.86. The number of nitrogens with one attached hydrogen (secondary N) is 1. The molecular weight excluding hydrogens is 230 g/mol. The number of nitrogens with two attached hydrogens (primary N) is 1. The third-order valence-electron chi connectivity index (χ3n) is 3.28. The monoisotopic (exact) mass is 249 g/mol. The smallest absolute Gasteiger partial charge is 0.240 e. The van der Waals surface area contributed by atoms with Gasteiger partial charge in [0.05, 0.1) is 6.54 Å². The fourth-order valence-corrected chi connectivity index (χ4v) is 2.04. The van der Waals surface area contributed by atoms with Gasteiger partial charge in [-0.05, 0) is 24.9 Å². The maximum Gasteiger partial charge on any atom is 0.240 e. The molecule has 0 aromatic carbocycles. The molecule has 0 saturated carbocycles. The van der Waals surface area contributed by atoms with Crippen LogP contribution in [0, 0.1) is 5.92 Å². The lowest BCUT2D eigenvalue weighted by molar-refractivity contribution is -0.117. The molecule has 2 atom stereocenters. The first-order valence-corrected chi connectivity index (χ1v) is 6.20. The Morgan fingerprint density at radius 3 is 2.94 bits per heavy atom. The molecule has 3 N–H and O–H groups in total. The zero-order valence-corrected chi connectivity index (χ0v) is 10.5. The number of likely N-dealkylation sites (tertiary alicyclic amines) is 1. The highest BCUT2D eigenvalue weighted by atomic mass is 16.2. The van der Waals surface area contributed by atoms with Crippen LogP contribution in [0.1, 0.15) is 13.3 Å². The Morgan fingerprint density at radius 2 is 2.28 bits per heavy atom. The molecule has 18 heavy (non-hydrogen) atoms. The van der Waals surface area contributed by atoms with E-state index in [2.05, 4.69) is 27.1 Å². The molecule has 1 saturated heterocycles. The molecule has 1 aromatic rings. The standard InChI is InChI=1S/C12H19N5O/c1-9-3-6-17(7-10(9)13)8-11(18)16-12-14-4-2-5-15-12/h2,4-5,9-10H,3,6-8,13H2,1H3,(H,14,15,16,18). The Kier molecular flexibility index (Phi) is 4.22. The summed E-state index contributed by atoms with van der Waals surface area (Å²) in [6.45, 7) is 4.18. The lowest BCUT2D eigenvalue weighted by Crippen LogP contribution is -2.49. The van der Waals surface area contributed by atoms with E-state index in [0.717, 1.165) is 19.5 Å². The van der Waals surface area contributed by atoms with Crippen molar-refractivity contribution in [2.75, 3.05) is 25.0 Å². The van der Waals surface area contributed by atoms with E-state index in [9.17, 15) is 4.79 Å². The largest absolute Gasteiger partial charge is 0.326 e. The fourth-order valence-electron chi connectivity index (χ4n) is 2.04. The van der Waals surface area contributed by atoms with Gasteiger partial charge in [-0.1, -0.05) is 6.92 Å². The molecule has 0 spiro atoms. The minimum Gasteiger partial charge on any atom is -0.326 e. The van der Waals surface area contributed by atoms with Crippen molar-refractivity contribution < 1.29 is 4.79 Å². The van der Waals surface area contributed by atoms with E-state index >= 15 is 0 Å². The summed E-state index contributed by atoms with van der Waals surface area (Å²) >= 11 is 0. The van der Waals surface area contributed by atoms with Gasteiger partial charge in [-0.15, -0.1) is 0 Å². The molecule has 1 fully saturated rings. The van der Waals surface area contributed by atoms with Gasteiger partial charge in [-0.25, -0.2) is 9.97 Å². The van der Waals surface area contributed by atoms with Crippen LogP contribution in [0.15, 0.2) is 18.5 Å². The van der Waals surface area contributed by atoms with Gasteiger partial charge in [0.15, 0.2) is 0 Å². The van der Waals surface area contributed by atoms with Gasteiger partial charge >= 0.3 is 0 Å². The number of aromatic nitrogens is 2. The number of carbonyl (C=O) groups excluding carboxylic acids is 1. The minimum absolute atomic E-state index is 0.0945. The summed E-state index contributed by atoms with van der Waals surface area (Å²) in [5.74, 6) is 0.780. The molecule has 98 valence electrons. The van der Waals surface area contributed by atoms with E-state index in [-0.39, 0.29) is 11.9 Å². The molecular formula is C12H19N5O. The summed E-state index contributed by atoms with van der Waals surface area (Å²) < 4.78 is 0. The number of amides is 1. The molecule has 0 radical (unpaired) electrons. The number of rotatable bonds is 3. The van der Waals surface area contributed by atoms with Crippen molar-refractivity contribution in [1.29, 1.82) is 0 Å². The van der Waals surface area contributed by atoms with Crippen molar-refractivity contribution in [2.45, 2.75) is 19.4 Å². The van der Waals surface area contributed by atoms with Crippen LogP contribution in [-0.2, 0) is 4.79 Å². The summed E-state index contributed by atoms with van der Waals surface area (Å²) in [4.78, 5) is 21.8. The highest BCUT2D eigenvalue weighted by Crippen LogP contribution is 2.14. The predicted octanol–water partition coefficient (Wildman–Crippen LogP) is 0.0842. The summed E-state index contributed by atoms with van der Waals surface area (Å²) in [5.41, 5.74) is 6.00. The van der Waals surface area contributed by atoms with Crippen LogP contribution >= 0.6 is 0 Å². The second-order valence-corrected chi connectivity index (χ2v) is 4.79. The van der Waals surface area contributed by atoms with Gasteiger partial charge in [0, 0.05) is 25.0 Å². The normalized spacial score (nSPS) is 24.8. The molecule has 0 aliphatic carbocycles. The summed E-state index contributed by atoms with van der Waals surface area (Å²) in [7, 11) is 0. The molecule has 1 aromatic heterocycles. The topological polar surface area (TPSA) is 84.1 Å². The zero-order chi connectivity index (χ0) is 13.0. The van der Waals surface area contributed by atoms with E-state index in [1.807, 2.05) is 0 Å². The van der Waals surface area contributed by atoms with Crippen molar-refractivity contribution in [2.24, 2.45) is 11.7 Å². The van der Waals surface area contributed by atoms with Crippen LogP contribution in [0.25, 0.3) is 0 Å². The predicted molar refractivity (Wildman–Crippen MR) is 68.9 cm³/mol.